The van der Waals surface area contributed by atoms with Gasteiger partial charge in [-0.3, -0.25) is 8.98 Å². The number of hydrogen-bond donors (Lipinski definition) is 5. The number of aliphatic hydroxyl groups excluding tert-OH is 4. The molecule has 5 N–H and O–H groups in total. The van der Waals surface area contributed by atoms with Crippen molar-refractivity contribution < 1.29 is 71.9 Å². The van der Waals surface area contributed by atoms with E-state index in [9.17, 15) is 38.2 Å². The van der Waals surface area contributed by atoms with Crippen molar-refractivity contribution in [1.82, 2.24) is 5.32 Å². The van der Waals surface area contributed by atoms with E-state index in [4.69, 9.17) is 0 Å². The molecule has 1 amide bonds. The second-order valence-corrected chi connectivity index (χ2v) is 10.3. The summed E-state index contributed by atoms with van der Waals surface area (Å²) in [5, 5.41) is 41.3. The average Bonchev–Trinajstić information content (AvgIpc) is 2.82. The Labute approximate surface area is 239 Å². The summed E-state index contributed by atoms with van der Waals surface area (Å²) < 4.78 is 34.9. The average molecular weight is 550 g/mol. The van der Waals surface area contributed by atoms with Crippen LogP contribution in [0.2, 0.25) is 0 Å². The Kier molecular flexibility index (Phi) is 25.8. The first kappa shape index (κ1) is 38.3. The number of unbranched alkanes of at least 4 members (excludes halogenated alkanes) is 15. The quantitative estimate of drug-likeness (QED) is 0.0450. The minimum Gasteiger partial charge on any atom is -0.726 e. The molecule has 0 bridgehead atoms. The molecule has 0 aliphatic carbocycles. The molecule has 0 aliphatic rings. The molecule has 4 atom stereocenters. The molecular formula is C24H48NNaO9S. The monoisotopic (exact) mass is 549 g/mol. The summed E-state index contributed by atoms with van der Waals surface area (Å²) in [5.41, 5.74) is 0. The molecule has 0 unspecified atom stereocenters. The second-order valence-electron chi connectivity index (χ2n) is 9.28. The van der Waals surface area contributed by atoms with Gasteiger partial charge < -0.3 is 30.3 Å². The van der Waals surface area contributed by atoms with Crippen LogP contribution in [0, 0.1) is 0 Å². The van der Waals surface area contributed by atoms with Gasteiger partial charge in [0.25, 0.3) is 5.91 Å². The molecule has 0 aromatic rings. The van der Waals surface area contributed by atoms with Crippen LogP contribution in [0.1, 0.15) is 110 Å². The molecule has 0 saturated heterocycles. The third-order valence-corrected chi connectivity index (χ3v) is 6.47. The van der Waals surface area contributed by atoms with Crippen molar-refractivity contribution in [2.45, 2.75) is 134 Å². The summed E-state index contributed by atoms with van der Waals surface area (Å²) in [4.78, 5) is 11.9. The van der Waals surface area contributed by atoms with Crippen molar-refractivity contribution in [3.05, 3.63) is 0 Å². The number of hydrogen-bond acceptors (Lipinski definition) is 9. The first-order chi connectivity index (χ1) is 16.6. The third kappa shape index (κ3) is 22.2. The molecule has 36 heavy (non-hydrogen) atoms. The van der Waals surface area contributed by atoms with E-state index in [2.05, 4.69) is 16.4 Å². The summed E-state index contributed by atoms with van der Waals surface area (Å²) in [6.07, 6.45) is 11.5. The van der Waals surface area contributed by atoms with Crippen molar-refractivity contribution in [2.24, 2.45) is 0 Å². The Balaban J connectivity index is 0. The molecule has 10 nitrogen and oxygen atoms in total. The summed E-state index contributed by atoms with van der Waals surface area (Å²) in [5.74, 6) is -0.929. The van der Waals surface area contributed by atoms with Crippen molar-refractivity contribution in [2.75, 3.05) is 13.2 Å². The van der Waals surface area contributed by atoms with Crippen molar-refractivity contribution in [3.63, 3.8) is 0 Å². The Morgan fingerprint density at radius 3 is 1.53 bits per heavy atom. The number of carbonyl (C=O) groups excluding carboxylic acids is 1. The van der Waals surface area contributed by atoms with Gasteiger partial charge in [0, 0.05) is 6.54 Å². The van der Waals surface area contributed by atoms with E-state index >= 15 is 0 Å². The number of aliphatic hydroxyl groups is 4. The van der Waals surface area contributed by atoms with Gasteiger partial charge in [0.05, 0.1) is 6.61 Å². The summed E-state index contributed by atoms with van der Waals surface area (Å²) in [6, 6.07) is 0. The van der Waals surface area contributed by atoms with Crippen LogP contribution in [0.3, 0.4) is 0 Å². The van der Waals surface area contributed by atoms with E-state index in [1.54, 1.807) is 0 Å². The molecule has 0 spiro atoms. The molecule has 0 fully saturated rings. The van der Waals surface area contributed by atoms with E-state index in [0.29, 0.717) is 6.42 Å². The van der Waals surface area contributed by atoms with Gasteiger partial charge in [-0.2, -0.15) is 0 Å². The SMILES string of the molecule is CCCCCCCCCCCCCCCCCCNC(=O)[C@H](O)[C@@H](O)[C@H](O)[C@H](O)COS(=O)(=O)[O-].[Na+]. The fraction of sp³-hybridized carbons (Fsp3) is 0.958. The van der Waals surface area contributed by atoms with Crippen molar-refractivity contribution in [1.29, 1.82) is 0 Å². The van der Waals surface area contributed by atoms with Gasteiger partial charge in [-0.25, -0.2) is 8.42 Å². The Morgan fingerprint density at radius 1 is 0.750 bits per heavy atom. The zero-order valence-electron chi connectivity index (χ0n) is 22.3. The molecule has 0 aromatic carbocycles. The molecule has 0 radical (unpaired) electrons. The van der Waals surface area contributed by atoms with Crippen LogP contribution in [-0.4, -0.2) is 76.9 Å². The van der Waals surface area contributed by atoms with Crippen LogP contribution >= 0.6 is 0 Å². The predicted molar refractivity (Wildman–Crippen MR) is 132 cm³/mol. The Bertz CT molecular complexity index is 625. The minimum absolute atomic E-state index is 0. The summed E-state index contributed by atoms with van der Waals surface area (Å²) >= 11 is 0. The van der Waals surface area contributed by atoms with Crippen LogP contribution in [0.4, 0.5) is 0 Å². The molecular weight excluding hydrogens is 501 g/mol. The first-order valence-electron chi connectivity index (χ1n) is 13.2. The van der Waals surface area contributed by atoms with Crippen LogP contribution in [-0.2, 0) is 19.4 Å². The normalized spacial score (nSPS) is 15.1. The van der Waals surface area contributed by atoms with E-state index < -0.39 is 47.3 Å². The fourth-order valence-corrected chi connectivity index (χ4v) is 4.12. The minimum atomic E-state index is -5.09. The van der Waals surface area contributed by atoms with E-state index in [-0.39, 0.29) is 36.1 Å². The standard InChI is InChI=1S/C24H49NO9S.Na/c1-2-3-4-5-6-7-8-9-10-11-12-13-14-15-16-17-18-25-24(30)23(29)22(28)21(27)20(26)19-34-35(31,32)33;/h20-23,26-29H,2-19H2,1H3,(H,25,30)(H,31,32,33);/q;+1/p-1/t20-,21-,22+,23-;/m1./s1. The van der Waals surface area contributed by atoms with Gasteiger partial charge >= 0.3 is 29.6 Å². The largest absolute Gasteiger partial charge is 1.00 e. The van der Waals surface area contributed by atoms with Crippen LogP contribution in [0.5, 0.6) is 0 Å². The zero-order chi connectivity index (χ0) is 26.5. The molecule has 0 aliphatic heterocycles. The molecule has 210 valence electrons. The van der Waals surface area contributed by atoms with Gasteiger partial charge in [0.2, 0.25) is 10.4 Å². The smallest absolute Gasteiger partial charge is 0.726 e. The van der Waals surface area contributed by atoms with Crippen molar-refractivity contribution in [3.8, 4) is 0 Å². The van der Waals surface area contributed by atoms with E-state index in [0.717, 1.165) is 19.3 Å². The van der Waals surface area contributed by atoms with E-state index in [1.807, 2.05) is 0 Å². The predicted octanol–water partition coefficient (Wildman–Crippen LogP) is -0.711. The van der Waals surface area contributed by atoms with Crippen LogP contribution < -0.4 is 34.9 Å². The molecule has 0 aromatic heterocycles. The Morgan fingerprint density at radius 2 is 1.14 bits per heavy atom. The van der Waals surface area contributed by atoms with Gasteiger partial charge in [-0.05, 0) is 6.42 Å². The maximum absolute atomic E-state index is 11.9. The number of amides is 1. The zero-order valence-corrected chi connectivity index (χ0v) is 25.1. The van der Waals surface area contributed by atoms with Gasteiger partial charge in [-0.15, -0.1) is 0 Å². The number of nitrogens with one attached hydrogen (secondary N) is 1. The second kappa shape index (κ2) is 24.2. The fourth-order valence-electron chi connectivity index (χ4n) is 3.81. The van der Waals surface area contributed by atoms with Crippen LogP contribution in [0.25, 0.3) is 0 Å². The van der Waals surface area contributed by atoms with Gasteiger partial charge in [-0.1, -0.05) is 103 Å². The summed E-state index contributed by atoms with van der Waals surface area (Å²) in [6.45, 7) is 1.42. The molecule has 0 heterocycles. The summed E-state index contributed by atoms with van der Waals surface area (Å²) in [7, 11) is -5.09. The maximum Gasteiger partial charge on any atom is 1.00 e. The number of carbonyl (C=O) groups is 1. The van der Waals surface area contributed by atoms with Gasteiger partial charge in [0.15, 0.2) is 6.10 Å². The van der Waals surface area contributed by atoms with Crippen molar-refractivity contribution >= 4 is 16.3 Å². The number of rotatable bonds is 24. The molecule has 0 rings (SSSR count). The molecule has 12 heteroatoms. The van der Waals surface area contributed by atoms with E-state index in [1.165, 1.54) is 77.0 Å². The Hall–Kier alpha value is 0.180. The third-order valence-electron chi connectivity index (χ3n) is 6.05. The first-order valence-corrected chi connectivity index (χ1v) is 14.5. The van der Waals surface area contributed by atoms with Crippen LogP contribution in [0.15, 0.2) is 0 Å². The molecule has 0 saturated carbocycles. The maximum atomic E-state index is 11.9. The van der Waals surface area contributed by atoms with Gasteiger partial charge in [0.1, 0.15) is 18.3 Å². The topological polar surface area (TPSA) is 176 Å².